The molecule has 0 aliphatic carbocycles. The molecule has 5 nitrogen and oxygen atoms in total. The number of ether oxygens (including phenoxy) is 1. The minimum atomic E-state index is -2.91. The average molecular weight is 333 g/mol. The molecule has 0 bridgehead atoms. The van der Waals surface area contributed by atoms with Crippen molar-refractivity contribution in [3.63, 3.8) is 0 Å². The highest BCUT2D eigenvalue weighted by atomic mass is 19.3. The third-order valence-corrected chi connectivity index (χ3v) is 4.25. The molecule has 2 heterocycles. The van der Waals surface area contributed by atoms with E-state index in [4.69, 9.17) is 0 Å². The Labute approximate surface area is 138 Å². The molecule has 24 heavy (non-hydrogen) atoms. The molecule has 0 radical (unpaired) electrons. The second-order valence-electron chi connectivity index (χ2n) is 5.83. The van der Waals surface area contributed by atoms with E-state index in [2.05, 4.69) is 15.8 Å². The lowest BCUT2D eigenvalue weighted by Gasteiger charge is -2.34. The summed E-state index contributed by atoms with van der Waals surface area (Å²) in [6.45, 7) is -1.47. The van der Waals surface area contributed by atoms with Gasteiger partial charge in [0.1, 0.15) is 11.8 Å². The molecular formula is C17H17F2N3O2. The Balaban J connectivity index is 2.10. The van der Waals surface area contributed by atoms with E-state index < -0.39 is 6.61 Å². The number of aliphatic hydroxyl groups excluding tert-OH is 1. The Morgan fingerprint density at radius 2 is 2.29 bits per heavy atom. The Morgan fingerprint density at radius 3 is 3.00 bits per heavy atom. The summed E-state index contributed by atoms with van der Waals surface area (Å²) >= 11 is 0. The molecule has 1 aromatic heterocycles. The van der Waals surface area contributed by atoms with Crippen molar-refractivity contribution in [1.82, 2.24) is 4.98 Å². The van der Waals surface area contributed by atoms with E-state index in [0.29, 0.717) is 28.7 Å². The van der Waals surface area contributed by atoms with Gasteiger partial charge >= 0.3 is 6.61 Å². The van der Waals surface area contributed by atoms with Crippen LogP contribution in [0.25, 0.3) is 10.9 Å². The number of hydrogen-bond acceptors (Lipinski definition) is 5. The lowest BCUT2D eigenvalue weighted by atomic mass is 9.97. The van der Waals surface area contributed by atoms with Gasteiger partial charge in [-0.1, -0.05) is 0 Å². The first-order valence-electron chi connectivity index (χ1n) is 7.76. The Bertz CT molecular complexity index is 776. The summed E-state index contributed by atoms with van der Waals surface area (Å²) in [6, 6.07) is 6.65. The highest BCUT2D eigenvalue weighted by molar-refractivity contribution is 5.95. The largest absolute Gasteiger partial charge is 0.435 e. The molecule has 0 spiro atoms. The summed E-state index contributed by atoms with van der Waals surface area (Å²) < 4.78 is 29.5. The van der Waals surface area contributed by atoms with E-state index in [-0.39, 0.29) is 18.3 Å². The van der Waals surface area contributed by atoms with Crippen LogP contribution in [0.15, 0.2) is 24.4 Å². The summed E-state index contributed by atoms with van der Waals surface area (Å²) in [6.07, 6.45) is 3.32. The van der Waals surface area contributed by atoms with Gasteiger partial charge in [-0.2, -0.15) is 14.0 Å². The van der Waals surface area contributed by atoms with Crippen molar-refractivity contribution in [1.29, 1.82) is 5.26 Å². The first-order valence-corrected chi connectivity index (χ1v) is 7.76. The molecule has 1 atom stereocenters. The smallest absolute Gasteiger partial charge is 0.387 e. The Hall–Kier alpha value is -2.46. The van der Waals surface area contributed by atoms with Gasteiger partial charge in [0.2, 0.25) is 0 Å². The lowest BCUT2D eigenvalue weighted by Crippen LogP contribution is -2.37. The van der Waals surface area contributed by atoms with Gasteiger partial charge in [0.25, 0.3) is 0 Å². The van der Waals surface area contributed by atoms with Crippen molar-refractivity contribution in [3.8, 4) is 11.8 Å². The van der Waals surface area contributed by atoms with E-state index >= 15 is 0 Å². The highest BCUT2D eigenvalue weighted by Crippen LogP contribution is 2.34. The monoisotopic (exact) mass is 333 g/mol. The van der Waals surface area contributed by atoms with Gasteiger partial charge < -0.3 is 14.7 Å². The maximum atomic E-state index is 12.5. The zero-order valence-corrected chi connectivity index (χ0v) is 13.0. The fourth-order valence-corrected chi connectivity index (χ4v) is 3.17. The minimum absolute atomic E-state index is 0.0337. The molecule has 1 N–H and O–H groups in total. The van der Waals surface area contributed by atoms with Crippen LogP contribution < -0.4 is 9.64 Å². The maximum absolute atomic E-state index is 12.5. The molecule has 1 aromatic carbocycles. The number of pyridine rings is 1. The predicted octanol–water partition coefficient (Wildman–Crippen LogP) is 2.92. The number of fused-ring (bicyclic) bond motifs is 1. The number of alkyl halides is 2. The number of nitriles is 1. The first kappa shape index (κ1) is 16.4. The normalized spacial score (nSPS) is 18.0. The number of aromatic nitrogens is 1. The van der Waals surface area contributed by atoms with Crippen LogP contribution >= 0.6 is 0 Å². The number of hydrogen-bond donors (Lipinski definition) is 1. The van der Waals surface area contributed by atoms with Gasteiger partial charge in [-0.05, 0) is 37.0 Å². The minimum Gasteiger partial charge on any atom is -0.435 e. The number of rotatable bonds is 4. The number of benzene rings is 1. The number of nitrogens with zero attached hydrogens (tertiary/aromatic N) is 3. The number of halogens is 2. The molecule has 0 saturated carbocycles. The van der Waals surface area contributed by atoms with Crippen LogP contribution in [0.4, 0.5) is 14.5 Å². The topological polar surface area (TPSA) is 69.4 Å². The van der Waals surface area contributed by atoms with Crippen LogP contribution in [0.2, 0.25) is 0 Å². The van der Waals surface area contributed by atoms with Gasteiger partial charge in [0.05, 0.1) is 16.8 Å². The number of piperidine rings is 1. The second kappa shape index (κ2) is 6.97. The van der Waals surface area contributed by atoms with Crippen molar-refractivity contribution in [2.24, 2.45) is 5.92 Å². The summed E-state index contributed by atoms with van der Waals surface area (Å²) in [5.41, 5.74) is 1.66. The Kier molecular flexibility index (Phi) is 4.76. The summed E-state index contributed by atoms with van der Waals surface area (Å²) in [5, 5.41) is 19.5. The van der Waals surface area contributed by atoms with Crippen molar-refractivity contribution in [2.45, 2.75) is 19.5 Å². The van der Waals surface area contributed by atoms with Crippen molar-refractivity contribution in [2.75, 3.05) is 24.6 Å². The fraction of sp³-hybridized carbons (Fsp3) is 0.412. The molecule has 126 valence electrons. The van der Waals surface area contributed by atoms with E-state index in [0.717, 1.165) is 19.4 Å². The van der Waals surface area contributed by atoms with Crippen LogP contribution in [-0.2, 0) is 0 Å². The molecule has 3 rings (SSSR count). The van der Waals surface area contributed by atoms with E-state index in [1.54, 1.807) is 6.07 Å². The highest BCUT2D eigenvalue weighted by Gasteiger charge is 2.23. The summed E-state index contributed by atoms with van der Waals surface area (Å²) in [5.74, 6) is 0.167. The zero-order chi connectivity index (χ0) is 17.1. The van der Waals surface area contributed by atoms with Crippen LogP contribution in [-0.4, -0.2) is 36.4 Å². The van der Waals surface area contributed by atoms with Crippen molar-refractivity contribution < 1.29 is 18.6 Å². The van der Waals surface area contributed by atoms with E-state index in [9.17, 15) is 19.1 Å². The summed E-state index contributed by atoms with van der Waals surface area (Å²) in [7, 11) is 0. The predicted molar refractivity (Wildman–Crippen MR) is 85.1 cm³/mol. The average Bonchev–Trinajstić information content (AvgIpc) is 2.60. The van der Waals surface area contributed by atoms with Gasteiger partial charge in [0, 0.05) is 31.3 Å². The second-order valence-corrected chi connectivity index (χ2v) is 5.83. The molecule has 1 fully saturated rings. The SMILES string of the molecule is N#Cc1cnc2ccc(OC(F)F)cc2c1N1CCCC(CO)C1. The standard InChI is InChI=1S/C17H17F2N3O2/c18-17(19)24-13-3-4-15-14(6-13)16(12(7-20)8-21-15)22-5-1-2-11(9-22)10-23/h3-4,6,8,11,17,23H,1-2,5,9-10H2. The third-order valence-electron chi connectivity index (χ3n) is 4.25. The van der Waals surface area contributed by atoms with Crippen molar-refractivity contribution >= 4 is 16.6 Å². The molecule has 2 aromatic rings. The zero-order valence-electron chi connectivity index (χ0n) is 13.0. The Morgan fingerprint density at radius 1 is 1.46 bits per heavy atom. The van der Waals surface area contributed by atoms with Gasteiger partial charge in [-0.3, -0.25) is 4.98 Å². The van der Waals surface area contributed by atoms with Gasteiger partial charge in [-0.25, -0.2) is 0 Å². The number of aliphatic hydroxyl groups is 1. The fourth-order valence-electron chi connectivity index (χ4n) is 3.17. The maximum Gasteiger partial charge on any atom is 0.387 e. The quantitative estimate of drug-likeness (QED) is 0.932. The van der Waals surface area contributed by atoms with Crippen LogP contribution in [0, 0.1) is 17.2 Å². The van der Waals surface area contributed by atoms with Crippen molar-refractivity contribution in [3.05, 3.63) is 30.0 Å². The van der Waals surface area contributed by atoms with Gasteiger partial charge in [0.15, 0.2) is 0 Å². The van der Waals surface area contributed by atoms with Crippen LogP contribution in [0.5, 0.6) is 5.75 Å². The molecule has 1 aliphatic rings. The third kappa shape index (κ3) is 3.24. The number of anilines is 1. The molecule has 0 amide bonds. The molecule has 1 aliphatic heterocycles. The molecule has 1 unspecified atom stereocenters. The first-order chi connectivity index (χ1) is 11.6. The molecular weight excluding hydrogens is 316 g/mol. The summed E-state index contributed by atoms with van der Waals surface area (Å²) in [4.78, 5) is 6.25. The molecule has 7 heteroatoms. The lowest BCUT2D eigenvalue weighted by molar-refractivity contribution is -0.0497. The van der Waals surface area contributed by atoms with Crippen LogP contribution in [0.3, 0.4) is 0 Å². The molecule has 1 saturated heterocycles. The van der Waals surface area contributed by atoms with E-state index in [1.165, 1.54) is 18.3 Å². The van der Waals surface area contributed by atoms with Gasteiger partial charge in [-0.15, -0.1) is 0 Å². The van der Waals surface area contributed by atoms with Crippen LogP contribution in [0.1, 0.15) is 18.4 Å². The van der Waals surface area contributed by atoms with E-state index in [1.807, 2.05) is 4.90 Å².